The van der Waals surface area contributed by atoms with Crippen molar-refractivity contribution in [3.8, 4) is 11.5 Å². The summed E-state index contributed by atoms with van der Waals surface area (Å²) in [6, 6.07) is 16.8. The molecular formula is C19H20N2O. The zero-order valence-corrected chi connectivity index (χ0v) is 12.5. The van der Waals surface area contributed by atoms with Gasteiger partial charge in [-0.2, -0.15) is 0 Å². The zero-order chi connectivity index (χ0) is 14.8. The van der Waals surface area contributed by atoms with Gasteiger partial charge in [0.2, 0.25) is 0 Å². The van der Waals surface area contributed by atoms with E-state index in [1.807, 2.05) is 36.4 Å². The molecule has 0 aliphatic carbocycles. The van der Waals surface area contributed by atoms with Gasteiger partial charge < -0.3 is 15.0 Å². The Morgan fingerprint density at radius 1 is 1.05 bits per heavy atom. The summed E-state index contributed by atoms with van der Waals surface area (Å²) in [7, 11) is 0. The summed E-state index contributed by atoms with van der Waals surface area (Å²) in [5.74, 6) is 1.76. The van der Waals surface area contributed by atoms with Gasteiger partial charge >= 0.3 is 0 Å². The number of para-hydroxylation sites is 1. The number of benzene rings is 2. The molecule has 1 fully saturated rings. The largest absolute Gasteiger partial charge is 0.457 e. The number of hydrogen-bond donors (Lipinski definition) is 2. The Kier molecular flexibility index (Phi) is 3.57. The van der Waals surface area contributed by atoms with Crippen LogP contribution in [-0.4, -0.2) is 17.6 Å². The fourth-order valence-electron chi connectivity index (χ4n) is 3.21. The number of aromatic amines is 1. The minimum Gasteiger partial charge on any atom is -0.457 e. The molecular weight excluding hydrogens is 272 g/mol. The second-order valence-electron chi connectivity index (χ2n) is 5.93. The summed E-state index contributed by atoms with van der Waals surface area (Å²) in [6.07, 6.45) is 5.77. The van der Waals surface area contributed by atoms with Crippen LogP contribution in [0.15, 0.2) is 54.7 Å². The molecule has 1 aromatic heterocycles. The molecule has 0 saturated carbocycles. The number of ether oxygens (including phenoxy) is 1. The maximum absolute atomic E-state index is 5.95. The Labute approximate surface area is 130 Å². The van der Waals surface area contributed by atoms with Crippen molar-refractivity contribution in [2.45, 2.75) is 25.3 Å². The number of aromatic nitrogens is 1. The molecule has 1 saturated heterocycles. The van der Waals surface area contributed by atoms with Crippen LogP contribution in [0.25, 0.3) is 10.9 Å². The van der Waals surface area contributed by atoms with Crippen molar-refractivity contribution in [3.63, 3.8) is 0 Å². The number of nitrogens with one attached hydrogen (secondary N) is 2. The van der Waals surface area contributed by atoms with Gasteiger partial charge in [0.15, 0.2) is 0 Å². The zero-order valence-electron chi connectivity index (χ0n) is 12.5. The van der Waals surface area contributed by atoms with Gasteiger partial charge in [-0.25, -0.2) is 0 Å². The van der Waals surface area contributed by atoms with Gasteiger partial charge in [0.05, 0.1) is 0 Å². The molecule has 22 heavy (non-hydrogen) atoms. The molecule has 112 valence electrons. The molecule has 1 aliphatic rings. The second-order valence-corrected chi connectivity index (χ2v) is 5.93. The van der Waals surface area contributed by atoms with Crippen molar-refractivity contribution in [2.75, 3.05) is 6.54 Å². The molecule has 0 radical (unpaired) electrons. The molecule has 4 rings (SSSR count). The van der Waals surface area contributed by atoms with E-state index in [4.69, 9.17) is 4.74 Å². The Morgan fingerprint density at radius 2 is 1.95 bits per heavy atom. The molecule has 0 bridgehead atoms. The molecule has 3 aromatic rings. The highest BCUT2D eigenvalue weighted by Gasteiger charge is 2.16. The maximum atomic E-state index is 5.95. The fourth-order valence-corrected chi connectivity index (χ4v) is 3.21. The van der Waals surface area contributed by atoms with Gasteiger partial charge in [-0.15, -0.1) is 0 Å². The second kappa shape index (κ2) is 5.85. The van der Waals surface area contributed by atoms with E-state index < -0.39 is 0 Å². The standard InChI is InChI=1S/C19H20N2O/c1-2-6-16(7-3-1)22-17-8-9-19-18(12-17)14(13-21-19)11-15-5-4-10-20-15/h1-3,6-9,12-13,15,20-21H,4-5,10-11H2/t15-/m0/s1. The van der Waals surface area contributed by atoms with Crippen molar-refractivity contribution in [3.05, 3.63) is 60.3 Å². The Hall–Kier alpha value is -2.26. The summed E-state index contributed by atoms with van der Waals surface area (Å²) in [4.78, 5) is 3.37. The van der Waals surface area contributed by atoms with Crippen molar-refractivity contribution in [1.29, 1.82) is 0 Å². The smallest absolute Gasteiger partial charge is 0.128 e. The van der Waals surface area contributed by atoms with Crippen LogP contribution in [-0.2, 0) is 6.42 Å². The Bertz CT molecular complexity index is 757. The molecule has 0 unspecified atom stereocenters. The van der Waals surface area contributed by atoms with E-state index in [0.29, 0.717) is 6.04 Å². The van der Waals surface area contributed by atoms with Crippen molar-refractivity contribution in [2.24, 2.45) is 0 Å². The van der Waals surface area contributed by atoms with E-state index in [1.54, 1.807) is 0 Å². The van der Waals surface area contributed by atoms with Crippen LogP contribution in [0.1, 0.15) is 18.4 Å². The minimum atomic E-state index is 0.609. The van der Waals surface area contributed by atoms with Crippen LogP contribution in [0.3, 0.4) is 0 Å². The highest BCUT2D eigenvalue weighted by Crippen LogP contribution is 2.28. The van der Waals surface area contributed by atoms with Crippen LogP contribution in [0.4, 0.5) is 0 Å². The van der Waals surface area contributed by atoms with Gasteiger partial charge in [-0.3, -0.25) is 0 Å². The van der Waals surface area contributed by atoms with Crippen LogP contribution in [0, 0.1) is 0 Å². The van der Waals surface area contributed by atoms with Gasteiger partial charge in [0.1, 0.15) is 11.5 Å². The van der Waals surface area contributed by atoms with E-state index in [2.05, 4.69) is 28.6 Å². The average Bonchev–Trinajstić information content (AvgIpc) is 3.19. The van der Waals surface area contributed by atoms with Crippen molar-refractivity contribution < 1.29 is 4.74 Å². The van der Waals surface area contributed by atoms with Crippen molar-refractivity contribution in [1.82, 2.24) is 10.3 Å². The first-order chi connectivity index (χ1) is 10.9. The van der Waals surface area contributed by atoms with E-state index in [1.165, 1.54) is 29.3 Å². The normalized spacial score (nSPS) is 17.9. The number of fused-ring (bicyclic) bond motifs is 1. The quantitative estimate of drug-likeness (QED) is 0.754. The molecule has 3 nitrogen and oxygen atoms in total. The molecule has 1 atom stereocenters. The van der Waals surface area contributed by atoms with E-state index in [-0.39, 0.29) is 0 Å². The first-order valence-corrected chi connectivity index (χ1v) is 7.95. The molecule has 1 aliphatic heterocycles. The SMILES string of the molecule is c1ccc(Oc2ccc3[nH]cc(C[C@@H]4CCCN4)c3c2)cc1. The molecule has 3 heteroatoms. The van der Waals surface area contributed by atoms with E-state index >= 15 is 0 Å². The molecule has 0 spiro atoms. The number of H-pyrrole nitrogens is 1. The van der Waals surface area contributed by atoms with Crippen LogP contribution in [0.2, 0.25) is 0 Å². The monoisotopic (exact) mass is 292 g/mol. The lowest BCUT2D eigenvalue weighted by molar-refractivity contribution is 0.483. The Balaban J connectivity index is 1.61. The first-order valence-electron chi connectivity index (χ1n) is 7.95. The van der Waals surface area contributed by atoms with Crippen LogP contribution < -0.4 is 10.1 Å². The lowest BCUT2D eigenvalue weighted by atomic mass is 10.0. The highest BCUT2D eigenvalue weighted by atomic mass is 16.5. The molecule has 0 amide bonds. The molecule has 2 heterocycles. The maximum Gasteiger partial charge on any atom is 0.128 e. The van der Waals surface area contributed by atoms with E-state index in [9.17, 15) is 0 Å². The van der Waals surface area contributed by atoms with Crippen LogP contribution >= 0.6 is 0 Å². The highest BCUT2D eigenvalue weighted by molar-refractivity contribution is 5.84. The number of rotatable bonds is 4. The summed E-state index contributed by atoms with van der Waals surface area (Å²) in [5.41, 5.74) is 2.54. The predicted octanol–water partition coefficient (Wildman–Crippen LogP) is 4.25. The van der Waals surface area contributed by atoms with Gasteiger partial charge in [-0.1, -0.05) is 18.2 Å². The topological polar surface area (TPSA) is 37.0 Å². The number of hydrogen-bond acceptors (Lipinski definition) is 2. The Morgan fingerprint density at radius 3 is 2.77 bits per heavy atom. The van der Waals surface area contributed by atoms with Crippen LogP contribution in [0.5, 0.6) is 11.5 Å². The first kappa shape index (κ1) is 13.4. The summed E-state index contributed by atoms with van der Waals surface area (Å²) in [6.45, 7) is 1.15. The predicted molar refractivity (Wildman–Crippen MR) is 89.5 cm³/mol. The average molecular weight is 292 g/mol. The van der Waals surface area contributed by atoms with Gasteiger partial charge in [0, 0.05) is 23.1 Å². The summed E-state index contributed by atoms with van der Waals surface area (Å²) >= 11 is 0. The fraction of sp³-hybridized carbons (Fsp3) is 0.263. The summed E-state index contributed by atoms with van der Waals surface area (Å²) < 4.78 is 5.95. The molecule has 2 N–H and O–H groups in total. The molecule has 2 aromatic carbocycles. The van der Waals surface area contributed by atoms with Crippen molar-refractivity contribution >= 4 is 10.9 Å². The van der Waals surface area contributed by atoms with E-state index in [0.717, 1.165) is 24.5 Å². The third-order valence-corrected chi connectivity index (χ3v) is 4.35. The third kappa shape index (κ3) is 2.72. The third-order valence-electron chi connectivity index (χ3n) is 4.35. The van der Waals surface area contributed by atoms with Gasteiger partial charge in [0.25, 0.3) is 0 Å². The van der Waals surface area contributed by atoms with Gasteiger partial charge in [-0.05, 0) is 61.7 Å². The lowest BCUT2D eigenvalue weighted by Gasteiger charge is -2.09. The minimum absolute atomic E-state index is 0.609. The lowest BCUT2D eigenvalue weighted by Crippen LogP contribution is -2.23. The summed E-state index contributed by atoms with van der Waals surface area (Å²) in [5, 5.41) is 4.83.